The van der Waals surface area contributed by atoms with Gasteiger partial charge >= 0.3 is 5.97 Å². The molecule has 2 rings (SSSR count). The van der Waals surface area contributed by atoms with Gasteiger partial charge in [-0.3, -0.25) is 9.59 Å². The largest absolute Gasteiger partial charge is 0.454 e. The van der Waals surface area contributed by atoms with Crippen LogP contribution in [0.5, 0.6) is 0 Å². The molecule has 0 aliphatic rings. The van der Waals surface area contributed by atoms with Crippen LogP contribution in [0.2, 0.25) is 0 Å². The number of ketones is 1. The topological polar surface area (TPSA) is 89.5 Å². The number of nitrogens with one attached hydrogen (secondary N) is 1. The predicted octanol–water partition coefficient (Wildman–Crippen LogP) is 2.59. The second-order valence-electron chi connectivity index (χ2n) is 5.73. The maximum atomic E-state index is 13.1. The van der Waals surface area contributed by atoms with Gasteiger partial charge in [-0.2, -0.15) is 0 Å². The van der Waals surface area contributed by atoms with Crippen molar-refractivity contribution in [2.45, 2.75) is 24.3 Å². The Bertz CT molecular complexity index is 977. The molecule has 0 spiro atoms. The van der Waals surface area contributed by atoms with Gasteiger partial charge in [-0.15, -0.1) is 0 Å². The third kappa shape index (κ3) is 5.64. The van der Waals surface area contributed by atoms with Crippen molar-refractivity contribution in [2.75, 3.05) is 6.54 Å². The Balaban J connectivity index is 1.87. The molecule has 0 aliphatic carbocycles. The smallest absolute Gasteiger partial charge is 0.307 e. The van der Waals surface area contributed by atoms with Gasteiger partial charge in [0.1, 0.15) is 5.82 Å². The summed E-state index contributed by atoms with van der Waals surface area (Å²) in [6, 6.07) is 6.74. The Kier molecular flexibility index (Phi) is 6.92. The lowest BCUT2D eigenvalue weighted by atomic mass is 10.1. The van der Waals surface area contributed by atoms with Gasteiger partial charge < -0.3 is 4.74 Å². The lowest BCUT2D eigenvalue weighted by Crippen LogP contribution is -2.29. The van der Waals surface area contributed by atoms with Gasteiger partial charge in [-0.05, 0) is 49.4 Å². The van der Waals surface area contributed by atoms with Crippen LogP contribution in [0.1, 0.15) is 23.7 Å². The van der Waals surface area contributed by atoms with Gasteiger partial charge in [0.05, 0.1) is 11.3 Å². The van der Waals surface area contributed by atoms with Crippen LogP contribution in [0.15, 0.2) is 47.4 Å². The summed E-state index contributed by atoms with van der Waals surface area (Å²) in [7, 11) is -4.15. The maximum Gasteiger partial charge on any atom is 0.307 e. The Morgan fingerprint density at radius 1 is 1.04 bits per heavy atom. The van der Waals surface area contributed by atoms with E-state index in [1.807, 2.05) is 4.72 Å². The number of benzene rings is 2. The molecule has 150 valence electrons. The van der Waals surface area contributed by atoms with Gasteiger partial charge in [-0.1, -0.05) is 0 Å². The van der Waals surface area contributed by atoms with Gasteiger partial charge in [0, 0.05) is 12.1 Å². The van der Waals surface area contributed by atoms with Crippen molar-refractivity contribution in [2.24, 2.45) is 0 Å². The first-order chi connectivity index (χ1) is 13.1. The fraction of sp³-hybridized carbons (Fsp3) is 0.222. The number of esters is 1. The first-order valence-corrected chi connectivity index (χ1v) is 9.52. The van der Waals surface area contributed by atoms with E-state index in [0.29, 0.717) is 12.1 Å². The number of carbonyl (C=O) groups is 2. The molecule has 0 unspecified atom stereocenters. The molecule has 1 N–H and O–H groups in total. The molecule has 0 aliphatic heterocycles. The van der Waals surface area contributed by atoms with Gasteiger partial charge in [-0.25, -0.2) is 26.3 Å². The van der Waals surface area contributed by atoms with E-state index >= 15 is 0 Å². The first-order valence-electron chi connectivity index (χ1n) is 8.04. The second kappa shape index (κ2) is 8.98. The highest BCUT2D eigenvalue weighted by molar-refractivity contribution is 7.89. The molecule has 0 saturated heterocycles. The van der Waals surface area contributed by atoms with E-state index in [0.717, 1.165) is 18.2 Å². The van der Waals surface area contributed by atoms with E-state index in [-0.39, 0.29) is 12.1 Å². The van der Waals surface area contributed by atoms with Crippen LogP contribution in [0.4, 0.5) is 13.2 Å². The normalized spacial score (nSPS) is 12.4. The van der Waals surface area contributed by atoms with Crippen molar-refractivity contribution in [3.63, 3.8) is 0 Å². The van der Waals surface area contributed by atoms with Gasteiger partial charge in [0.15, 0.2) is 17.7 Å². The van der Waals surface area contributed by atoms with Gasteiger partial charge in [0.2, 0.25) is 15.8 Å². The zero-order valence-electron chi connectivity index (χ0n) is 14.6. The summed E-state index contributed by atoms with van der Waals surface area (Å²) in [5.41, 5.74) is 0.153. The van der Waals surface area contributed by atoms with Crippen LogP contribution >= 0.6 is 0 Å². The summed E-state index contributed by atoms with van der Waals surface area (Å²) in [6.07, 6.45) is -1.55. The number of rotatable bonds is 8. The minimum absolute atomic E-state index is 0.153. The molecule has 0 radical (unpaired) electrons. The molecule has 6 nitrogen and oxygen atoms in total. The molecule has 0 bridgehead atoms. The van der Waals surface area contributed by atoms with Crippen LogP contribution in [0.25, 0.3) is 0 Å². The highest BCUT2D eigenvalue weighted by Gasteiger charge is 2.21. The number of hydrogen-bond acceptors (Lipinski definition) is 5. The van der Waals surface area contributed by atoms with E-state index in [9.17, 15) is 31.2 Å². The summed E-state index contributed by atoms with van der Waals surface area (Å²) in [6.45, 7) is 0.951. The monoisotopic (exact) mass is 415 g/mol. The van der Waals surface area contributed by atoms with E-state index in [4.69, 9.17) is 4.74 Å². The first kappa shape index (κ1) is 21.6. The van der Waals surface area contributed by atoms with Crippen molar-refractivity contribution in [3.05, 3.63) is 65.5 Å². The van der Waals surface area contributed by atoms with Crippen molar-refractivity contribution in [1.29, 1.82) is 0 Å². The van der Waals surface area contributed by atoms with Crippen LogP contribution in [-0.2, 0) is 19.6 Å². The highest BCUT2D eigenvalue weighted by Crippen LogP contribution is 2.14. The Morgan fingerprint density at radius 3 is 2.29 bits per heavy atom. The zero-order valence-corrected chi connectivity index (χ0v) is 15.4. The van der Waals surface area contributed by atoms with Crippen LogP contribution in [0.3, 0.4) is 0 Å². The van der Waals surface area contributed by atoms with E-state index in [1.165, 1.54) is 19.1 Å². The summed E-state index contributed by atoms with van der Waals surface area (Å²) < 4.78 is 69.8. The molecule has 0 saturated carbocycles. The second-order valence-corrected chi connectivity index (χ2v) is 7.49. The SMILES string of the molecule is C[C@@H](OC(=O)CCNS(=O)(=O)c1ccc(F)c(F)c1)C(=O)c1ccc(F)cc1. The van der Waals surface area contributed by atoms with Gasteiger partial charge in [0.25, 0.3) is 0 Å². The summed E-state index contributed by atoms with van der Waals surface area (Å²) >= 11 is 0. The van der Waals surface area contributed by atoms with E-state index < -0.39 is 56.6 Å². The lowest BCUT2D eigenvalue weighted by Gasteiger charge is -2.13. The number of sulfonamides is 1. The van der Waals surface area contributed by atoms with Crippen LogP contribution in [0, 0.1) is 17.5 Å². The molecular weight excluding hydrogens is 399 g/mol. The number of ether oxygens (including phenoxy) is 1. The quantitative estimate of drug-likeness (QED) is 0.529. The van der Waals surface area contributed by atoms with Crippen molar-refractivity contribution in [3.8, 4) is 0 Å². The predicted molar refractivity (Wildman–Crippen MR) is 92.4 cm³/mol. The molecule has 2 aromatic carbocycles. The molecule has 0 fully saturated rings. The molecule has 2 aromatic rings. The fourth-order valence-corrected chi connectivity index (χ4v) is 3.22. The molecular formula is C18H16F3NO5S. The molecule has 1 atom stereocenters. The number of carbonyl (C=O) groups excluding carboxylic acids is 2. The Labute approximate surface area is 159 Å². The zero-order chi connectivity index (χ0) is 20.9. The molecule has 28 heavy (non-hydrogen) atoms. The third-order valence-electron chi connectivity index (χ3n) is 3.63. The van der Waals surface area contributed by atoms with Crippen molar-refractivity contribution < 1.29 is 35.9 Å². The Hall–Kier alpha value is -2.72. The highest BCUT2D eigenvalue weighted by atomic mass is 32.2. The van der Waals surface area contributed by atoms with Crippen molar-refractivity contribution >= 4 is 21.8 Å². The maximum absolute atomic E-state index is 13.1. The Morgan fingerprint density at radius 2 is 1.68 bits per heavy atom. The average Bonchev–Trinajstić information content (AvgIpc) is 2.63. The minimum Gasteiger partial charge on any atom is -0.454 e. The third-order valence-corrected chi connectivity index (χ3v) is 5.09. The van der Waals surface area contributed by atoms with E-state index in [2.05, 4.69) is 0 Å². The molecule has 10 heteroatoms. The fourth-order valence-electron chi connectivity index (χ4n) is 2.17. The minimum atomic E-state index is -4.15. The lowest BCUT2D eigenvalue weighted by molar-refractivity contribution is -0.146. The molecule has 0 aromatic heterocycles. The van der Waals surface area contributed by atoms with E-state index in [1.54, 1.807) is 0 Å². The number of halogens is 3. The van der Waals surface area contributed by atoms with Crippen LogP contribution in [-0.4, -0.2) is 32.8 Å². The number of Topliss-reactive ketones (excluding diaryl/α,β-unsaturated/α-hetero) is 1. The average molecular weight is 415 g/mol. The summed E-state index contributed by atoms with van der Waals surface area (Å²) in [4.78, 5) is 23.4. The van der Waals surface area contributed by atoms with Crippen molar-refractivity contribution in [1.82, 2.24) is 4.72 Å². The standard InChI is InChI=1S/C18H16F3NO5S/c1-11(18(24)12-2-4-13(19)5-3-12)27-17(23)8-9-22-28(25,26)14-6-7-15(20)16(21)10-14/h2-7,10-11,22H,8-9H2,1H3/t11-/m1/s1. The summed E-state index contributed by atoms with van der Waals surface area (Å²) in [5, 5.41) is 0. The van der Waals surface area contributed by atoms with Crippen LogP contribution < -0.4 is 4.72 Å². The molecule has 0 amide bonds. The molecule has 0 heterocycles. The summed E-state index contributed by atoms with van der Waals surface area (Å²) in [5.74, 6) is -4.43. The number of hydrogen-bond donors (Lipinski definition) is 1.